The number of likely N-dealkylation sites (N-methyl/N-ethyl adjacent to an activating group) is 1. The van der Waals surface area contributed by atoms with Gasteiger partial charge in [0.2, 0.25) is 11.8 Å². The Balaban J connectivity index is 2.06. The summed E-state index contributed by atoms with van der Waals surface area (Å²) >= 11 is 18.3. The van der Waals surface area contributed by atoms with Crippen LogP contribution >= 0.6 is 34.8 Å². The van der Waals surface area contributed by atoms with E-state index in [1.807, 2.05) is 0 Å². The molecule has 2 amide bonds. The predicted octanol–water partition coefficient (Wildman–Crippen LogP) is 5.79. The third kappa shape index (κ3) is 7.20. The maximum Gasteiger partial charge on any atom is 0.264 e. The zero-order chi connectivity index (χ0) is 27.9. The number of hydrogen-bond acceptors (Lipinski definition) is 4. The Hall–Kier alpha value is -2.78. The number of carbonyl (C=O) groups excluding carboxylic acids is 2. The quantitative estimate of drug-likeness (QED) is 0.304. The van der Waals surface area contributed by atoms with E-state index in [9.17, 15) is 18.0 Å². The van der Waals surface area contributed by atoms with Gasteiger partial charge >= 0.3 is 0 Å². The molecular formula is C27H28Cl3N3O4S. The molecule has 0 radical (unpaired) electrons. The van der Waals surface area contributed by atoms with Gasteiger partial charge in [0.05, 0.1) is 20.6 Å². The molecule has 11 heteroatoms. The highest BCUT2D eigenvalue weighted by Gasteiger charge is 2.33. The van der Waals surface area contributed by atoms with Gasteiger partial charge in [0.25, 0.3) is 10.0 Å². The summed E-state index contributed by atoms with van der Waals surface area (Å²) in [7, 11) is -4.19. The zero-order valence-corrected chi connectivity index (χ0v) is 24.0. The number of carbonyl (C=O) groups is 2. The summed E-state index contributed by atoms with van der Waals surface area (Å²) in [6.45, 7) is 3.47. The average molecular weight is 597 g/mol. The van der Waals surface area contributed by atoms with Crippen LogP contribution in [0.25, 0.3) is 0 Å². The lowest BCUT2D eigenvalue weighted by atomic mass is 10.1. The summed E-state index contributed by atoms with van der Waals surface area (Å²) in [5.41, 5.74) is 0.895. The molecule has 0 aliphatic carbocycles. The van der Waals surface area contributed by atoms with Gasteiger partial charge in [-0.15, -0.1) is 0 Å². The third-order valence-electron chi connectivity index (χ3n) is 5.80. The van der Waals surface area contributed by atoms with Crippen LogP contribution in [0.15, 0.2) is 77.7 Å². The molecule has 38 heavy (non-hydrogen) atoms. The monoisotopic (exact) mass is 595 g/mol. The topological polar surface area (TPSA) is 86.8 Å². The van der Waals surface area contributed by atoms with Crippen molar-refractivity contribution < 1.29 is 18.0 Å². The SMILES string of the molecule is CCNC(=O)[C@H](CC)N(Cc1ccc(Cl)cc1)C(=O)CN(c1ccc(Cl)c(Cl)c1)S(=O)(=O)c1ccccc1. The summed E-state index contributed by atoms with van der Waals surface area (Å²) < 4.78 is 28.5. The second-order valence-electron chi connectivity index (χ2n) is 8.39. The van der Waals surface area contributed by atoms with Crippen molar-refractivity contribution in [1.29, 1.82) is 0 Å². The van der Waals surface area contributed by atoms with E-state index in [1.165, 1.54) is 35.2 Å². The molecule has 1 N–H and O–H groups in total. The maximum absolute atomic E-state index is 13.9. The predicted molar refractivity (Wildman–Crippen MR) is 152 cm³/mol. The number of nitrogens with one attached hydrogen (secondary N) is 1. The molecule has 0 fully saturated rings. The number of rotatable bonds is 11. The minimum absolute atomic E-state index is 0.00103. The van der Waals surface area contributed by atoms with E-state index in [0.29, 0.717) is 18.0 Å². The lowest BCUT2D eigenvalue weighted by Crippen LogP contribution is -2.52. The molecule has 3 aromatic carbocycles. The zero-order valence-electron chi connectivity index (χ0n) is 20.9. The van der Waals surface area contributed by atoms with Gasteiger partial charge in [0.15, 0.2) is 0 Å². The molecule has 0 aromatic heterocycles. The average Bonchev–Trinajstić information content (AvgIpc) is 2.90. The van der Waals surface area contributed by atoms with Gasteiger partial charge in [-0.3, -0.25) is 13.9 Å². The Morgan fingerprint density at radius 1 is 0.895 bits per heavy atom. The van der Waals surface area contributed by atoms with Crippen LogP contribution in [-0.4, -0.2) is 44.3 Å². The number of amides is 2. The second kappa shape index (κ2) is 13.3. The van der Waals surface area contributed by atoms with Gasteiger partial charge < -0.3 is 10.2 Å². The fourth-order valence-electron chi connectivity index (χ4n) is 3.89. The first-order valence-corrected chi connectivity index (χ1v) is 14.5. The van der Waals surface area contributed by atoms with Crippen LogP contribution in [0.5, 0.6) is 0 Å². The minimum Gasteiger partial charge on any atom is -0.355 e. The summed E-state index contributed by atoms with van der Waals surface area (Å²) in [6.07, 6.45) is 0.323. The number of nitrogens with zero attached hydrogens (tertiary/aromatic N) is 2. The highest BCUT2D eigenvalue weighted by Crippen LogP contribution is 2.31. The molecule has 0 bridgehead atoms. The van der Waals surface area contributed by atoms with Gasteiger partial charge in [-0.05, 0) is 61.4 Å². The van der Waals surface area contributed by atoms with E-state index < -0.39 is 28.5 Å². The first-order chi connectivity index (χ1) is 18.1. The largest absolute Gasteiger partial charge is 0.355 e. The lowest BCUT2D eigenvalue weighted by Gasteiger charge is -2.33. The fraction of sp³-hybridized carbons (Fsp3) is 0.259. The van der Waals surface area contributed by atoms with Crippen molar-refractivity contribution in [2.45, 2.75) is 37.8 Å². The maximum atomic E-state index is 13.9. The number of anilines is 1. The summed E-state index contributed by atoms with van der Waals surface area (Å²) in [5.74, 6) is -0.895. The van der Waals surface area contributed by atoms with Gasteiger partial charge in [-0.2, -0.15) is 0 Å². The van der Waals surface area contributed by atoms with E-state index >= 15 is 0 Å². The van der Waals surface area contributed by atoms with Gasteiger partial charge in [-0.1, -0.05) is 72.1 Å². The van der Waals surface area contributed by atoms with Crippen LogP contribution < -0.4 is 9.62 Å². The van der Waals surface area contributed by atoms with Crippen molar-refractivity contribution in [3.8, 4) is 0 Å². The highest BCUT2D eigenvalue weighted by molar-refractivity contribution is 7.92. The number of sulfonamides is 1. The van der Waals surface area contributed by atoms with Crippen LogP contribution in [0.3, 0.4) is 0 Å². The van der Waals surface area contributed by atoms with E-state index in [4.69, 9.17) is 34.8 Å². The molecule has 3 aromatic rings. The second-order valence-corrected chi connectivity index (χ2v) is 11.5. The molecule has 7 nitrogen and oxygen atoms in total. The Bertz CT molecular complexity index is 1370. The standard InChI is InChI=1S/C27H28Cl3N3O4S/c1-3-25(27(35)31-4-2)32(17-19-10-12-20(28)13-11-19)26(34)18-33(21-14-15-23(29)24(30)16-21)38(36,37)22-8-6-5-7-9-22/h5-16,25H,3-4,17-18H2,1-2H3,(H,31,35)/t25-/m0/s1. The third-order valence-corrected chi connectivity index (χ3v) is 8.58. The molecule has 202 valence electrons. The molecule has 1 atom stereocenters. The number of halogens is 3. The van der Waals surface area contributed by atoms with Crippen molar-refractivity contribution in [3.63, 3.8) is 0 Å². The fourth-order valence-corrected chi connectivity index (χ4v) is 5.73. The van der Waals surface area contributed by atoms with Crippen molar-refractivity contribution >= 4 is 62.3 Å². The minimum atomic E-state index is -4.19. The highest BCUT2D eigenvalue weighted by atomic mass is 35.5. The summed E-state index contributed by atoms with van der Waals surface area (Å²) in [6, 6.07) is 18.2. The molecule has 3 rings (SSSR count). The van der Waals surface area contributed by atoms with E-state index in [1.54, 1.807) is 56.3 Å². The molecule has 0 heterocycles. The Morgan fingerprint density at radius 3 is 2.13 bits per heavy atom. The summed E-state index contributed by atoms with van der Waals surface area (Å²) in [5, 5.41) is 3.67. The summed E-state index contributed by atoms with van der Waals surface area (Å²) in [4.78, 5) is 28.2. The van der Waals surface area contributed by atoms with Crippen LogP contribution in [0.4, 0.5) is 5.69 Å². The Labute approximate surface area is 238 Å². The first kappa shape index (κ1) is 29.8. The van der Waals surface area contributed by atoms with Gasteiger partial charge in [-0.25, -0.2) is 8.42 Å². The van der Waals surface area contributed by atoms with E-state index in [2.05, 4.69) is 5.32 Å². The number of benzene rings is 3. The molecular weight excluding hydrogens is 569 g/mol. The lowest BCUT2D eigenvalue weighted by molar-refractivity contribution is -0.140. The van der Waals surface area contributed by atoms with E-state index in [0.717, 1.165) is 9.87 Å². The molecule has 0 saturated heterocycles. The van der Waals surface area contributed by atoms with Crippen molar-refractivity contribution in [3.05, 3.63) is 93.4 Å². The molecule has 0 aliphatic rings. The number of hydrogen-bond donors (Lipinski definition) is 1. The van der Waals surface area contributed by atoms with Gasteiger partial charge in [0.1, 0.15) is 12.6 Å². The Morgan fingerprint density at radius 2 is 1.55 bits per heavy atom. The molecule has 0 saturated carbocycles. The first-order valence-electron chi connectivity index (χ1n) is 11.9. The smallest absolute Gasteiger partial charge is 0.264 e. The van der Waals surface area contributed by atoms with Crippen molar-refractivity contribution in [1.82, 2.24) is 10.2 Å². The molecule has 0 unspecified atom stereocenters. The molecule has 0 spiro atoms. The van der Waals surface area contributed by atoms with E-state index in [-0.39, 0.29) is 33.1 Å². The molecule has 0 aliphatic heterocycles. The van der Waals surface area contributed by atoms with Crippen LogP contribution in [-0.2, 0) is 26.2 Å². The van der Waals surface area contributed by atoms with Gasteiger partial charge in [0, 0.05) is 18.1 Å². The van der Waals surface area contributed by atoms with Crippen LogP contribution in [0, 0.1) is 0 Å². The normalized spacial score (nSPS) is 12.0. The van der Waals surface area contributed by atoms with Crippen LogP contribution in [0.1, 0.15) is 25.8 Å². The van der Waals surface area contributed by atoms with Crippen molar-refractivity contribution in [2.75, 3.05) is 17.4 Å². The Kier molecular flexibility index (Phi) is 10.4. The van der Waals surface area contributed by atoms with Crippen LogP contribution in [0.2, 0.25) is 15.1 Å². The van der Waals surface area contributed by atoms with Crippen molar-refractivity contribution in [2.24, 2.45) is 0 Å².